The maximum absolute atomic E-state index is 6.15. The van der Waals surface area contributed by atoms with Gasteiger partial charge in [0.15, 0.2) is 0 Å². The molecule has 1 aromatic rings. The zero-order chi connectivity index (χ0) is 15.3. The summed E-state index contributed by atoms with van der Waals surface area (Å²) in [5.41, 5.74) is 2.49. The Morgan fingerprint density at radius 1 is 1.35 bits per heavy atom. The standard InChI is InChI=1S/C16H27ClN2O/c1-12(11-20-6)19(5)15-9-14(17)8-7-13(15)10-18-16(2,3)4/h7-9,12,18H,10-11H2,1-6H3. The summed E-state index contributed by atoms with van der Waals surface area (Å²) >= 11 is 6.15. The summed E-state index contributed by atoms with van der Waals surface area (Å²) in [5.74, 6) is 0. The van der Waals surface area contributed by atoms with Gasteiger partial charge in [0.05, 0.1) is 6.61 Å². The number of rotatable bonds is 6. The van der Waals surface area contributed by atoms with E-state index in [1.54, 1.807) is 7.11 Å². The van der Waals surface area contributed by atoms with Crippen molar-refractivity contribution in [1.82, 2.24) is 5.32 Å². The fraction of sp³-hybridized carbons (Fsp3) is 0.625. The number of likely N-dealkylation sites (N-methyl/N-ethyl adjacent to an activating group) is 1. The monoisotopic (exact) mass is 298 g/mol. The first-order chi connectivity index (χ1) is 9.24. The SMILES string of the molecule is COCC(C)N(C)c1cc(Cl)ccc1CNC(C)(C)C. The van der Waals surface area contributed by atoms with Crippen LogP contribution in [0.4, 0.5) is 5.69 Å². The molecule has 0 fully saturated rings. The number of benzene rings is 1. The molecule has 1 N–H and O–H groups in total. The molecule has 0 heterocycles. The van der Waals surface area contributed by atoms with Crippen LogP contribution in [0, 0.1) is 0 Å². The summed E-state index contributed by atoms with van der Waals surface area (Å²) in [4.78, 5) is 2.22. The van der Waals surface area contributed by atoms with Crippen LogP contribution in [0.15, 0.2) is 18.2 Å². The first-order valence-corrected chi connectivity index (χ1v) is 7.37. The van der Waals surface area contributed by atoms with Gasteiger partial charge in [0.2, 0.25) is 0 Å². The van der Waals surface area contributed by atoms with E-state index in [0.29, 0.717) is 12.6 Å². The Morgan fingerprint density at radius 2 is 2.00 bits per heavy atom. The van der Waals surface area contributed by atoms with Gasteiger partial charge in [0.1, 0.15) is 0 Å². The lowest BCUT2D eigenvalue weighted by molar-refractivity contribution is 0.183. The van der Waals surface area contributed by atoms with Crippen LogP contribution < -0.4 is 10.2 Å². The maximum atomic E-state index is 6.15. The van der Waals surface area contributed by atoms with Gasteiger partial charge in [-0.05, 0) is 45.4 Å². The van der Waals surface area contributed by atoms with Crippen LogP contribution in [-0.2, 0) is 11.3 Å². The van der Waals surface area contributed by atoms with Crippen molar-refractivity contribution in [1.29, 1.82) is 0 Å². The fourth-order valence-corrected chi connectivity index (χ4v) is 2.13. The van der Waals surface area contributed by atoms with Gasteiger partial charge in [-0.25, -0.2) is 0 Å². The number of hydrogen-bond donors (Lipinski definition) is 1. The van der Waals surface area contributed by atoms with Gasteiger partial charge in [-0.1, -0.05) is 17.7 Å². The van der Waals surface area contributed by atoms with E-state index in [1.807, 2.05) is 12.1 Å². The lowest BCUT2D eigenvalue weighted by Crippen LogP contribution is -2.37. The van der Waals surface area contributed by atoms with Crippen LogP contribution in [0.2, 0.25) is 5.02 Å². The van der Waals surface area contributed by atoms with Crippen molar-refractivity contribution >= 4 is 17.3 Å². The highest BCUT2D eigenvalue weighted by atomic mass is 35.5. The highest BCUT2D eigenvalue weighted by Crippen LogP contribution is 2.26. The van der Waals surface area contributed by atoms with Crippen molar-refractivity contribution in [3.8, 4) is 0 Å². The first kappa shape index (κ1) is 17.3. The molecule has 4 heteroatoms. The summed E-state index contributed by atoms with van der Waals surface area (Å²) in [6, 6.07) is 6.35. The van der Waals surface area contributed by atoms with Crippen molar-refractivity contribution in [2.75, 3.05) is 25.7 Å². The molecule has 1 aromatic carbocycles. The van der Waals surface area contributed by atoms with Gasteiger partial charge in [-0.3, -0.25) is 0 Å². The Labute approximate surface area is 128 Å². The number of nitrogens with zero attached hydrogens (tertiary/aromatic N) is 1. The molecule has 0 aliphatic heterocycles. The van der Waals surface area contributed by atoms with Crippen LogP contribution in [0.25, 0.3) is 0 Å². The van der Waals surface area contributed by atoms with Crippen molar-refractivity contribution in [2.24, 2.45) is 0 Å². The number of anilines is 1. The molecule has 1 atom stereocenters. The minimum atomic E-state index is 0.0909. The van der Waals surface area contributed by atoms with E-state index in [2.05, 4.69) is 51.0 Å². The average molecular weight is 299 g/mol. The van der Waals surface area contributed by atoms with Gasteiger partial charge in [-0.2, -0.15) is 0 Å². The summed E-state index contributed by atoms with van der Waals surface area (Å²) in [5, 5.41) is 4.28. The molecule has 114 valence electrons. The van der Waals surface area contributed by atoms with Crippen LogP contribution in [0.3, 0.4) is 0 Å². The summed E-state index contributed by atoms with van der Waals surface area (Å²) in [6.07, 6.45) is 0. The third-order valence-corrected chi connectivity index (χ3v) is 3.54. The van der Waals surface area contributed by atoms with Gasteiger partial charge < -0.3 is 15.0 Å². The van der Waals surface area contributed by atoms with E-state index in [9.17, 15) is 0 Å². The minimum Gasteiger partial charge on any atom is -0.383 e. The smallest absolute Gasteiger partial charge is 0.0663 e. The predicted octanol–water partition coefficient (Wildman–Crippen LogP) is 3.70. The Bertz CT molecular complexity index is 429. The molecular formula is C16H27ClN2O. The van der Waals surface area contributed by atoms with Crippen LogP contribution in [0.1, 0.15) is 33.3 Å². The molecule has 0 spiro atoms. The van der Waals surface area contributed by atoms with E-state index in [-0.39, 0.29) is 5.54 Å². The zero-order valence-electron chi connectivity index (χ0n) is 13.5. The predicted molar refractivity (Wildman–Crippen MR) is 87.8 cm³/mol. The van der Waals surface area contributed by atoms with Crippen molar-refractivity contribution in [3.63, 3.8) is 0 Å². The van der Waals surface area contributed by atoms with Crippen LogP contribution in [0.5, 0.6) is 0 Å². The normalized spacial score (nSPS) is 13.3. The lowest BCUT2D eigenvalue weighted by atomic mass is 10.1. The molecule has 0 radical (unpaired) electrons. The van der Waals surface area contributed by atoms with E-state index in [0.717, 1.165) is 17.3 Å². The van der Waals surface area contributed by atoms with E-state index in [1.165, 1.54) is 5.56 Å². The third kappa shape index (κ3) is 5.31. The Balaban J connectivity index is 2.95. The molecule has 0 amide bonds. The highest BCUT2D eigenvalue weighted by molar-refractivity contribution is 6.30. The molecule has 0 saturated heterocycles. The van der Waals surface area contributed by atoms with E-state index >= 15 is 0 Å². The summed E-state index contributed by atoms with van der Waals surface area (Å²) in [7, 11) is 3.81. The fourth-order valence-electron chi connectivity index (χ4n) is 1.97. The van der Waals surface area contributed by atoms with Gasteiger partial charge in [-0.15, -0.1) is 0 Å². The van der Waals surface area contributed by atoms with E-state index < -0.39 is 0 Å². The first-order valence-electron chi connectivity index (χ1n) is 7.00. The van der Waals surface area contributed by atoms with Gasteiger partial charge in [0, 0.05) is 43.0 Å². The number of halogens is 1. The second kappa shape index (κ2) is 7.30. The molecule has 0 saturated carbocycles. The molecule has 0 bridgehead atoms. The molecule has 0 aliphatic carbocycles. The summed E-state index contributed by atoms with van der Waals surface area (Å²) in [6.45, 7) is 10.2. The van der Waals surface area contributed by atoms with Gasteiger partial charge >= 0.3 is 0 Å². The second-order valence-corrected chi connectivity index (χ2v) is 6.73. The van der Waals surface area contributed by atoms with Crippen molar-refractivity contribution < 1.29 is 4.74 Å². The van der Waals surface area contributed by atoms with Crippen molar-refractivity contribution in [3.05, 3.63) is 28.8 Å². The van der Waals surface area contributed by atoms with Crippen LogP contribution in [-0.4, -0.2) is 32.3 Å². The molecule has 1 unspecified atom stereocenters. The third-order valence-electron chi connectivity index (χ3n) is 3.31. The second-order valence-electron chi connectivity index (χ2n) is 6.29. The molecule has 0 aromatic heterocycles. The zero-order valence-corrected chi connectivity index (χ0v) is 14.2. The Kier molecular flexibility index (Phi) is 6.31. The highest BCUT2D eigenvalue weighted by Gasteiger charge is 2.16. The largest absolute Gasteiger partial charge is 0.383 e. The minimum absolute atomic E-state index is 0.0909. The number of nitrogens with one attached hydrogen (secondary N) is 1. The summed E-state index contributed by atoms with van der Waals surface area (Å²) < 4.78 is 5.24. The molecular weight excluding hydrogens is 272 g/mol. The quantitative estimate of drug-likeness (QED) is 0.867. The maximum Gasteiger partial charge on any atom is 0.0663 e. The molecule has 0 aliphatic rings. The van der Waals surface area contributed by atoms with E-state index in [4.69, 9.17) is 16.3 Å². The van der Waals surface area contributed by atoms with Crippen LogP contribution >= 0.6 is 11.6 Å². The van der Waals surface area contributed by atoms with Gasteiger partial charge in [0.25, 0.3) is 0 Å². The lowest BCUT2D eigenvalue weighted by Gasteiger charge is -2.30. The van der Waals surface area contributed by atoms with Crippen molar-refractivity contribution in [2.45, 2.75) is 45.8 Å². The number of methoxy groups -OCH3 is 1. The number of hydrogen-bond acceptors (Lipinski definition) is 3. The topological polar surface area (TPSA) is 24.5 Å². The average Bonchev–Trinajstić information content (AvgIpc) is 2.35. The molecule has 20 heavy (non-hydrogen) atoms. The Morgan fingerprint density at radius 3 is 2.55 bits per heavy atom. The Hall–Kier alpha value is -0.770. The molecule has 1 rings (SSSR count). The number of ether oxygens (including phenoxy) is 1. The molecule has 3 nitrogen and oxygen atoms in total.